The van der Waals surface area contributed by atoms with Crippen molar-refractivity contribution in [2.24, 2.45) is 24.8 Å². The lowest BCUT2D eigenvalue weighted by Gasteiger charge is -2.56. The first-order valence-electron chi connectivity index (χ1n) is 9.59. The smallest absolute Gasteiger partial charge is 0.260 e. The van der Waals surface area contributed by atoms with Crippen LogP contribution in [0.1, 0.15) is 48.9 Å². The van der Waals surface area contributed by atoms with Crippen LogP contribution in [0, 0.1) is 17.8 Å². The van der Waals surface area contributed by atoms with Gasteiger partial charge in [-0.25, -0.2) is 0 Å². The van der Waals surface area contributed by atoms with E-state index in [-0.39, 0.29) is 28.4 Å². The van der Waals surface area contributed by atoms with Gasteiger partial charge in [0.1, 0.15) is 5.56 Å². The van der Waals surface area contributed by atoms with Gasteiger partial charge in [-0.2, -0.15) is 0 Å². The highest BCUT2D eigenvalue weighted by atomic mass is 16.3. The molecule has 136 valence electrons. The normalized spacial score (nSPS) is 32.1. The Morgan fingerprint density at radius 3 is 2.19 bits per heavy atom. The second-order valence-corrected chi connectivity index (χ2v) is 8.76. The van der Waals surface area contributed by atoms with Crippen LogP contribution in [-0.4, -0.2) is 21.1 Å². The number of aromatic hydroxyl groups is 1. The minimum absolute atomic E-state index is 0.131. The third kappa shape index (κ3) is 2.22. The molecule has 0 unspecified atom stereocenters. The van der Waals surface area contributed by atoms with Crippen LogP contribution in [0.2, 0.25) is 0 Å². The van der Waals surface area contributed by atoms with Gasteiger partial charge in [0.25, 0.3) is 11.5 Å². The summed E-state index contributed by atoms with van der Waals surface area (Å²) in [6, 6.07) is 7.02. The van der Waals surface area contributed by atoms with Crippen molar-refractivity contribution in [2.45, 2.75) is 44.1 Å². The molecule has 4 bridgehead atoms. The molecule has 1 amide bonds. The third-order valence-electron chi connectivity index (χ3n) is 6.92. The van der Waals surface area contributed by atoms with Gasteiger partial charge in [-0.1, -0.05) is 18.2 Å². The lowest BCUT2D eigenvalue weighted by atomic mass is 9.53. The zero-order chi connectivity index (χ0) is 18.1. The van der Waals surface area contributed by atoms with Gasteiger partial charge in [0, 0.05) is 23.4 Å². The van der Waals surface area contributed by atoms with Crippen molar-refractivity contribution in [3.05, 3.63) is 40.2 Å². The first-order chi connectivity index (χ1) is 12.5. The van der Waals surface area contributed by atoms with Crippen molar-refractivity contribution in [3.63, 3.8) is 0 Å². The number of carbonyl (C=O) groups is 1. The Morgan fingerprint density at radius 1 is 1.08 bits per heavy atom. The van der Waals surface area contributed by atoms with Crippen LogP contribution in [0.4, 0.5) is 0 Å². The highest BCUT2D eigenvalue weighted by Gasteiger charge is 2.51. The fourth-order valence-corrected chi connectivity index (χ4v) is 6.24. The maximum absolute atomic E-state index is 13.2. The van der Waals surface area contributed by atoms with E-state index in [0.29, 0.717) is 10.8 Å². The number of benzene rings is 1. The van der Waals surface area contributed by atoms with E-state index in [1.807, 2.05) is 0 Å². The van der Waals surface area contributed by atoms with Gasteiger partial charge < -0.3 is 10.4 Å². The van der Waals surface area contributed by atoms with Crippen molar-refractivity contribution in [3.8, 4) is 5.88 Å². The van der Waals surface area contributed by atoms with Crippen LogP contribution in [0.3, 0.4) is 0 Å². The number of amides is 1. The van der Waals surface area contributed by atoms with E-state index in [1.165, 1.54) is 26.3 Å². The highest BCUT2D eigenvalue weighted by molar-refractivity contribution is 6.09. The van der Waals surface area contributed by atoms with Gasteiger partial charge in [0.2, 0.25) is 5.88 Å². The molecule has 6 rings (SSSR count). The Morgan fingerprint density at radius 2 is 1.62 bits per heavy atom. The fraction of sp³-hybridized carbons (Fsp3) is 0.524. The Hall–Kier alpha value is -2.30. The maximum atomic E-state index is 13.2. The molecule has 4 fully saturated rings. The standard InChI is InChI=1S/C21H24N2O3/c1-23-19(25)16-5-3-2-4-15(16)17(20(23)26)18(24)22-21-9-12-6-13(10-21)8-14(7-12)11-21/h2-5,12-14,26H,6-11H2,1H3,(H,22,24). The molecule has 1 aromatic heterocycles. The number of hydrogen-bond donors (Lipinski definition) is 2. The Balaban J connectivity index is 1.57. The number of rotatable bonds is 2. The molecule has 0 saturated heterocycles. The zero-order valence-electron chi connectivity index (χ0n) is 15.0. The van der Waals surface area contributed by atoms with Crippen LogP contribution in [0.25, 0.3) is 10.8 Å². The van der Waals surface area contributed by atoms with Gasteiger partial charge >= 0.3 is 0 Å². The van der Waals surface area contributed by atoms with E-state index < -0.39 is 0 Å². The summed E-state index contributed by atoms with van der Waals surface area (Å²) in [7, 11) is 1.51. The van der Waals surface area contributed by atoms with Crippen molar-refractivity contribution in [2.75, 3.05) is 0 Å². The van der Waals surface area contributed by atoms with Gasteiger partial charge in [0.15, 0.2) is 0 Å². The van der Waals surface area contributed by atoms with Crippen LogP contribution in [0.5, 0.6) is 5.88 Å². The highest BCUT2D eigenvalue weighted by Crippen LogP contribution is 2.55. The summed E-state index contributed by atoms with van der Waals surface area (Å²) >= 11 is 0. The predicted molar refractivity (Wildman–Crippen MR) is 99.2 cm³/mol. The molecular formula is C21H24N2O3. The molecule has 4 aliphatic rings. The first kappa shape index (κ1) is 15.9. The quantitative estimate of drug-likeness (QED) is 0.873. The Bertz CT molecular complexity index is 940. The van der Waals surface area contributed by atoms with E-state index in [0.717, 1.165) is 41.6 Å². The number of nitrogens with zero attached hydrogens (tertiary/aromatic N) is 1. The molecule has 5 heteroatoms. The second-order valence-electron chi connectivity index (χ2n) is 8.76. The molecule has 1 aromatic carbocycles. The van der Waals surface area contributed by atoms with E-state index >= 15 is 0 Å². The second kappa shape index (κ2) is 5.35. The monoisotopic (exact) mass is 352 g/mol. The van der Waals surface area contributed by atoms with Crippen LogP contribution < -0.4 is 10.9 Å². The van der Waals surface area contributed by atoms with E-state index in [1.54, 1.807) is 24.3 Å². The molecule has 4 saturated carbocycles. The number of pyridine rings is 1. The average molecular weight is 352 g/mol. The molecule has 2 aromatic rings. The molecule has 4 aliphatic carbocycles. The third-order valence-corrected chi connectivity index (χ3v) is 6.92. The molecule has 5 nitrogen and oxygen atoms in total. The van der Waals surface area contributed by atoms with Crippen molar-refractivity contribution in [1.82, 2.24) is 9.88 Å². The summed E-state index contributed by atoms with van der Waals surface area (Å²) in [6.45, 7) is 0. The summed E-state index contributed by atoms with van der Waals surface area (Å²) in [5.41, 5.74) is -0.198. The van der Waals surface area contributed by atoms with Crippen LogP contribution >= 0.6 is 0 Å². The van der Waals surface area contributed by atoms with Crippen molar-refractivity contribution in [1.29, 1.82) is 0 Å². The largest absolute Gasteiger partial charge is 0.494 e. The lowest BCUT2D eigenvalue weighted by molar-refractivity contribution is -0.0167. The van der Waals surface area contributed by atoms with Crippen LogP contribution in [0.15, 0.2) is 29.1 Å². The molecule has 1 heterocycles. The predicted octanol–water partition coefficient (Wildman–Crippen LogP) is 2.94. The number of nitrogens with one attached hydrogen (secondary N) is 1. The summed E-state index contributed by atoms with van der Waals surface area (Å²) < 4.78 is 1.16. The number of fused-ring (bicyclic) bond motifs is 1. The summed E-state index contributed by atoms with van der Waals surface area (Å²) in [5.74, 6) is 1.68. The molecule has 2 N–H and O–H groups in total. The zero-order valence-corrected chi connectivity index (χ0v) is 15.0. The van der Waals surface area contributed by atoms with E-state index in [4.69, 9.17) is 0 Å². The number of carbonyl (C=O) groups excluding carboxylic acids is 1. The molecule has 0 atom stereocenters. The fourth-order valence-electron chi connectivity index (χ4n) is 6.24. The Kier molecular flexibility index (Phi) is 3.27. The topological polar surface area (TPSA) is 71.3 Å². The summed E-state index contributed by atoms with van der Waals surface area (Å²) in [6.07, 6.45) is 7.08. The SMILES string of the molecule is Cn1c(O)c(C(=O)NC23CC4CC(CC(C4)C2)C3)c2ccccc2c1=O. The van der Waals surface area contributed by atoms with E-state index in [9.17, 15) is 14.7 Å². The Labute approximate surface area is 152 Å². The van der Waals surface area contributed by atoms with E-state index in [2.05, 4.69) is 5.32 Å². The maximum Gasteiger partial charge on any atom is 0.260 e. The number of hydrogen-bond acceptors (Lipinski definition) is 3. The minimum Gasteiger partial charge on any atom is -0.494 e. The summed E-state index contributed by atoms with van der Waals surface area (Å²) in [4.78, 5) is 25.6. The van der Waals surface area contributed by atoms with Crippen molar-refractivity contribution < 1.29 is 9.90 Å². The number of aromatic nitrogens is 1. The van der Waals surface area contributed by atoms with Crippen LogP contribution in [-0.2, 0) is 7.05 Å². The summed E-state index contributed by atoms with van der Waals surface area (Å²) in [5, 5.41) is 14.9. The van der Waals surface area contributed by atoms with Gasteiger partial charge in [-0.05, 0) is 62.3 Å². The van der Waals surface area contributed by atoms with Gasteiger partial charge in [-0.3, -0.25) is 14.2 Å². The molecule has 0 aliphatic heterocycles. The lowest BCUT2D eigenvalue weighted by Crippen LogP contribution is -2.59. The first-order valence-corrected chi connectivity index (χ1v) is 9.59. The average Bonchev–Trinajstić information content (AvgIpc) is 2.58. The van der Waals surface area contributed by atoms with Gasteiger partial charge in [0.05, 0.1) is 0 Å². The molecule has 0 spiro atoms. The molecule has 0 radical (unpaired) electrons. The molecular weight excluding hydrogens is 328 g/mol. The minimum atomic E-state index is -0.288. The van der Waals surface area contributed by atoms with Gasteiger partial charge in [-0.15, -0.1) is 0 Å². The van der Waals surface area contributed by atoms with Crippen molar-refractivity contribution >= 4 is 16.7 Å². The molecule has 26 heavy (non-hydrogen) atoms.